The van der Waals surface area contributed by atoms with Crippen LogP contribution in [0.5, 0.6) is 0 Å². The lowest BCUT2D eigenvalue weighted by atomic mass is 9.83. The molecule has 188 valence electrons. The van der Waals surface area contributed by atoms with Gasteiger partial charge in [-0.2, -0.15) is 0 Å². The van der Waals surface area contributed by atoms with Gasteiger partial charge in [0.1, 0.15) is 0 Å². The number of aliphatic hydroxyl groups is 1. The van der Waals surface area contributed by atoms with E-state index in [9.17, 15) is 17.9 Å². The summed E-state index contributed by atoms with van der Waals surface area (Å²) in [6.07, 6.45) is 6.50. The number of hydrogen-bond acceptors (Lipinski definition) is 7. The maximum absolute atomic E-state index is 14.7. The van der Waals surface area contributed by atoms with Crippen LogP contribution in [0.3, 0.4) is 0 Å². The highest BCUT2D eigenvalue weighted by Gasteiger charge is 2.31. The number of aryl methyl sites for hydroxylation is 1. The Kier molecular flexibility index (Phi) is 6.22. The van der Waals surface area contributed by atoms with Gasteiger partial charge in [0.15, 0.2) is 23.1 Å². The number of anilines is 1. The maximum atomic E-state index is 14.7. The summed E-state index contributed by atoms with van der Waals surface area (Å²) < 4.78 is 42.7. The highest BCUT2D eigenvalue weighted by Crippen LogP contribution is 2.34. The molecular formula is C25H25ClFN5O3S. The van der Waals surface area contributed by atoms with E-state index in [-0.39, 0.29) is 28.2 Å². The molecule has 0 amide bonds. The molecule has 1 aliphatic rings. The fourth-order valence-corrected chi connectivity index (χ4v) is 6.10. The first-order valence-electron chi connectivity index (χ1n) is 11.5. The summed E-state index contributed by atoms with van der Waals surface area (Å²) in [6, 6.07) is 7.91. The molecule has 1 aromatic carbocycles. The van der Waals surface area contributed by atoms with Gasteiger partial charge in [-0.15, -0.1) is 0 Å². The number of aromatic nitrogens is 4. The lowest BCUT2D eigenvalue weighted by Crippen LogP contribution is -2.38. The molecule has 0 saturated heterocycles. The van der Waals surface area contributed by atoms with Crippen LogP contribution in [-0.2, 0) is 10.0 Å². The number of rotatable bonds is 5. The molecule has 1 fully saturated rings. The van der Waals surface area contributed by atoms with Gasteiger partial charge >= 0.3 is 0 Å². The normalized spacial score (nSPS) is 20.5. The number of nitrogens with one attached hydrogen (secondary N) is 1. The first kappa shape index (κ1) is 24.6. The first-order chi connectivity index (χ1) is 17.0. The van der Waals surface area contributed by atoms with Gasteiger partial charge in [-0.05, 0) is 57.7 Å². The number of halogens is 2. The van der Waals surface area contributed by atoms with Gasteiger partial charge in [-0.3, -0.25) is 0 Å². The minimum Gasteiger partial charge on any atom is -0.390 e. The van der Waals surface area contributed by atoms with Crippen molar-refractivity contribution in [2.75, 3.05) is 5.32 Å². The summed E-state index contributed by atoms with van der Waals surface area (Å²) >= 11 is 6.19. The summed E-state index contributed by atoms with van der Waals surface area (Å²) in [4.78, 5) is 12.9. The van der Waals surface area contributed by atoms with E-state index in [0.29, 0.717) is 28.8 Å². The third-order valence-corrected chi connectivity index (χ3v) is 8.31. The summed E-state index contributed by atoms with van der Waals surface area (Å²) in [5.74, 6) is -0.537. The van der Waals surface area contributed by atoms with E-state index in [2.05, 4.69) is 20.3 Å². The molecule has 3 aromatic heterocycles. The lowest BCUT2D eigenvalue weighted by molar-refractivity contribution is 0.0182. The van der Waals surface area contributed by atoms with Crippen LogP contribution in [0.4, 0.5) is 10.2 Å². The number of fused-ring (bicyclic) bond motifs is 1. The van der Waals surface area contributed by atoms with Gasteiger partial charge < -0.3 is 10.4 Å². The van der Waals surface area contributed by atoms with Gasteiger partial charge in [-0.25, -0.2) is 31.7 Å². The van der Waals surface area contributed by atoms with E-state index in [1.807, 2.05) is 6.92 Å². The second kappa shape index (κ2) is 9.10. The molecule has 3 heterocycles. The fraction of sp³-hybridized carbons (Fsp3) is 0.320. The van der Waals surface area contributed by atoms with Gasteiger partial charge in [0.25, 0.3) is 10.0 Å². The average molecular weight is 530 g/mol. The summed E-state index contributed by atoms with van der Waals surface area (Å²) in [6.45, 7) is 3.64. The van der Waals surface area contributed by atoms with Gasteiger partial charge in [0.05, 0.1) is 21.7 Å². The van der Waals surface area contributed by atoms with Crippen molar-refractivity contribution < 1.29 is 17.9 Å². The van der Waals surface area contributed by atoms with Crippen LogP contribution in [0.2, 0.25) is 5.02 Å². The number of hydrogen-bond donors (Lipinski definition) is 2. The minimum atomic E-state index is -4.00. The quantitative estimate of drug-likeness (QED) is 0.377. The molecule has 1 unspecified atom stereocenters. The van der Waals surface area contributed by atoms with E-state index in [4.69, 9.17) is 11.6 Å². The van der Waals surface area contributed by atoms with E-state index in [1.165, 1.54) is 24.5 Å². The van der Waals surface area contributed by atoms with Crippen molar-refractivity contribution in [1.82, 2.24) is 18.9 Å². The lowest BCUT2D eigenvalue weighted by Gasteiger charge is -2.34. The summed E-state index contributed by atoms with van der Waals surface area (Å²) in [5, 5.41) is 14.2. The predicted molar refractivity (Wildman–Crippen MR) is 136 cm³/mol. The molecule has 5 rings (SSSR count). The SMILES string of the molecule is Cc1ccc(S(=O)(=O)n2cc(-c3ncc(F)c(N[C@H]4CCCC(C)(O)C4)n3)c3cc(Cl)cnc32)cc1. The van der Waals surface area contributed by atoms with Gasteiger partial charge in [0, 0.05) is 29.4 Å². The number of pyridine rings is 1. The van der Waals surface area contributed by atoms with Crippen molar-refractivity contribution >= 4 is 38.5 Å². The van der Waals surface area contributed by atoms with E-state index >= 15 is 0 Å². The highest BCUT2D eigenvalue weighted by molar-refractivity contribution is 7.90. The van der Waals surface area contributed by atoms with Crippen molar-refractivity contribution in [3.05, 3.63) is 65.3 Å². The Labute approximate surface area is 213 Å². The molecule has 1 aliphatic carbocycles. The van der Waals surface area contributed by atoms with Crippen molar-refractivity contribution in [3.8, 4) is 11.4 Å². The zero-order chi connectivity index (χ0) is 25.7. The molecule has 1 saturated carbocycles. The summed E-state index contributed by atoms with van der Waals surface area (Å²) in [5.41, 5.74) is 0.592. The molecule has 36 heavy (non-hydrogen) atoms. The second-order valence-electron chi connectivity index (χ2n) is 9.51. The molecule has 0 radical (unpaired) electrons. The molecular weight excluding hydrogens is 505 g/mol. The molecule has 2 N–H and O–H groups in total. The van der Waals surface area contributed by atoms with Gasteiger partial charge in [-0.1, -0.05) is 29.3 Å². The maximum Gasteiger partial charge on any atom is 0.269 e. The standard InChI is InChI=1S/C25H25ClFN5O3S/c1-15-5-7-18(8-6-15)36(34,35)32-14-20(19-10-16(26)12-29-24(19)32)22-28-13-21(27)23(31-22)30-17-4-3-9-25(2,33)11-17/h5-8,10,12-14,17,33H,3-4,9,11H2,1-2H3,(H,28,30,31)/t17-,25?/m0/s1. The van der Waals surface area contributed by atoms with Gasteiger partial charge in [0.2, 0.25) is 0 Å². The minimum absolute atomic E-state index is 0.0139. The molecule has 8 nitrogen and oxygen atoms in total. The van der Waals surface area contributed by atoms with Crippen LogP contribution in [0.15, 0.2) is 53.8 Å². The molecule has 2 atom stereocenters. The van der Waals surface area contributed by atoms with Crippen LogP contribution >= 0.6 is 11.6 Å². The topological polar surface area (TPSA) is 110 Å². The van der Waals surface area contributed by atoms with Crippen molar-refractivity contribution in [1.29, 1.82) is 0 Å². The van der Waals surface area contributed by atoms with Crippen molar-refractivity contribution in [2.24, 2.45) is 0 Å². The largest absolute Gasteiger partial charge is 0.390 e. The van der Waals surface area contributed by atoms with E-state index in [1.54, 1.807) is 25.1 Å². The smallest absolute Gasteiger partial charge is 0.269 e. The van der Waals surface area contributed by atoms with Crippen LogP contribution in [0.25, 0.3) is 22.4 Å². The Hall–Kier alpha value is -3.08. The Morgan fingerprint density at radius 1 is 1.22 bits per heavy atom. The molecule has 0 bridgehead atoms. The molecule has 4 aromatic rings. The van der Waals surface area contributed by atoms with E-state index in [0.717, 1.165) is 28.6 Å². The molecule has 11 heteroatoms. The Bertz CT molecular complexity index is 1550. The van der Waals surface area contributed by atoms with Crippen LogP contribution in [0.1, 0.15) is 38.2 Å². The third kappa shape index (κ3) is 4.68. The highest BCUT2D eigenvalue weighted by atomic mass is 35.5. The van der Waals surface area contributed by atoms with Crippen molar-refractivity contribution in [2.45, 2.75) is 56.1 Å². The number of benzene rings is 1. The third-order valence-electron chi connectivity index (χ3n) is 6.44. The Morgan fingerprint density at radius 2 is 1.97 bits per heavy atom. The zero-order valence-corrected chi connectivity index (χ0v) is 21.3. The second-order valence-corrected chi connectivity index (χ2v) is 11.8. The van der Waals surface area contributed by atoms with Crippen LogP contribution in [0, 0.1) is 12.7 Å². The van der Waals surface area contributed by atoms with Crippen LogP contribution in [-0.4, -0.2) is 44.1 Å². The first-order valence-corrected chi connectivity index (χ1v) is 13.4. The predicted octanol–water partition coefficient (Wildman–Crippen LogP) is 4.94. The Balaban J connectivity index is 1.60. The van der Waals surface area contributed by atoms with Crippen LogP contribution < -0.4 is 5.32 Å². The van der Waals surface area contributed by atoms with E-state index < -0.39 is 21.4 Å². The molecule has 0 spiro atoms. The monoisotopic (exact) mass is 529 g/mol. The number of nitrogens with zero attached hydrogens (tertiary/aromatic N) is 4. The van der Waals surface area contributed by atoms with Crippen molar-refractivity contribution in [3.63, 3.8) is 0 Å². The molecule has 0 aliphatic heterocycles. The summed E-state index contributed by atoms with van der Waals surface area (Å²) in [7, 11) is -4.00. The average Bonchev–Trinajstić information content (AvgIpc) is 3.20. The fourth-order valence-electron chi connectivity index (χ4n) is 4.62. The zero-order valence-electron chi connectivity index (χ0n) is 19.7. The Morgan fingerprint density at radius 3 is 2.69 bits per heavy atom.